The van der Waals surface area contributed by atoms with Crippen molar-refractivity contribution in [2.24, 2.45) is 0 Å². The molecule has 0 aliphatic carbocycles. The molecule has 0 bridgehead atoms. The van der Waals surface area contributed by atoms with Gasteiger partial charge >= 0.3 is 0 Å². The molecule has 1 unspecified atom stereocenters. The lowest BCUT2D eigenvalue weighted by molar-refractivity contribution is 0.106. The Kier molecular flexibility index (Phi) is 5.70. The van der Waals surface area contributed by atoms with Gasteiger partial charge < -0.3 is 19.7 Å². The maximum absolute atomic E-state index is 9.78. The van der Waals surface area contributed by atoms with Gasteiger partial charge in [0.05, 0.1) is 11.6 Å². The van der Waals surface area contributed by atoms with Crippen molar-refractivity contribution in [1.82, 2.24) is 15.5 Å². The molecule has 1 aromatic carbocycles. The molecular formula is C14H16N4O3. The van der Waals surface area contributed by atoms with Crippen LogP contribution in [0.1, 0.15) is 11.5 Å². The molecule has 0 aliphatic heterocycles. The molecule has 21 heavy (non-hydrogen) atoms. The number of ether oxygens (including phenoxy) is 1. The van der Waals surface area contributed by atoms with Crippen LogP contribution in [-0.4, -0.2) is 41.0 Å². The first-order chi connectivity index (χ1) is 10.3. The van der Waals surface area contributed by atoms with Gasteiger partial charge in [-0.15, -0.1) is 0 Å². The fraction of sp³-hybridized carbons (Fsp3) is 0.357. The van der Waals surface area contributed by atoms with Crippen molar-refractivity contribution in [1.29, 1.82) is 5.26 Å². The Balaban J connectivity index is 1.60. The smallest absolute Gasteiger partial charge is 0.227 e. The molecule has 1 aromatic heterocycles. The first-order valence-electron chi connectivity index (χ1n) is 6.55. The van der Waals surface area contributed by atoms with Gasteiger partial charge in [-0.1, -0.05) is 5.16 Å². The van der Waals surface area contributed by atoms with Crippen LogP contribution >= 0.6 is 0 Å². The highest BCUT2D eigenvalue weighted by molar-refractivity contribution is 5.34. The second-order valence-corrected chi connectivity index (χ2v) is 4.39. The van der Waals surface area contributed by atoms with E-state index in [2.05, 4.69) is 15.5 Å². The Bertz CT molecular complexity index is 563. The summed E-state index contributed by atoms with van der Waals surface area (Å²) in [6.07, 6.45) is 1.35. The second-order valence-electron chi connectivity index (χ2n) is 4.39. The average molecular weight is 288 g/mol. The summed E-state index contributed by atoms with van der Waals surface area (Å²) in [7, 11) is 0. The fourth-order valence-electron chi connectivity index (χ4n) is 1.65. The van der Waals surface area contributed by atoms with Crippen LogP contribution in [0, 0.1) is 11.3 Å². The van der Waals surface area contributed by atoms with Crippen LogP contribution in [0.15, 0.2) is 35.1 Å². The minimum atomic E-state index is -0.622. The summed E-state index contributed by atoms with van der Waals surface area (Å²) in [5.74, 6) is 1.18. The van der Waals surface area contributed by atoms with Gasteiger partial charge in [0.2, 0.25) is 5.89 Å². The first kappa shape index (κ1) is 15.0. The summed E-state index contributed by atoms with van der Waals surface area (Å²) in [6.45, 7) is 1.22. The van der Waals surface area contributed by atoms with Crippen LogP contribution in [0.2, 0.25) is 0 Å². The summed E-state index contributed by atoms with van der Waals surface area (Å²) >= 11 is 0. The monoisotopic (exact) mass is 288 g/mol. The molecule has 2 rings (SSSR count). The normalized spacial score (nSPS) is 11.8. The molecule has 2 aromatic rings. The van der Waals surface area contributed by atoms with Crippen molar-refractivity contribution in [2.75, 3.05) is 19.7 Å². The number of rotatable bonds is 8. The van der Waals surface area contributed by atoms with Crippen LogP contribution in [0.4, 0.5) is 0 Å². The number of aromatic nitrogens is 2. The predicted molar refractivity (Wildman–Crippen MR) is 73.5 cm³/mol. The number of hydrogen-bond acceptors (Lipinski definition) is 7. The Morgan fingerprint density at radius 1 is 1.38 bits per heavy atom. The summed E-state index contributed by atoms with van der Waals surface area (Å²) in [5, 5.41) is 25.0. The maximum atomic E-state index is 9.78. The third kappa shape index (κ3) is 5.22. The van der Waals surface area contributed by atoms with Crippen LogP contribution < -0.4 is 10.1 Å². The SMILES string of the molecule is N#Cc1ccc(OCC(O)CNCCc2ncno2)cc1. The van der Waals surface area contributed by atoms with E-state index in [4.69, 9.17) is 14.5 Å². The molecule has 7 nitrogen and oxygen atoms in total. The largest absolute Gasteiger partial charge is 0.491 e. The fourth-order valence-corrected chi connectivity index (χ4v) is 1.65. The van der Waals surface area contributed by atoms with E-state index in [-0.39, 0.29) is 6.61 Å². The molecule has 110 valence electrons. The van der Waals surface area contributed by atoms with Gasteiger partial charge in [0.25, 0.3) is 0 Å². The molecule has 1 atom stereocenters. The standard InChI is InChI=1S/C14H16N4O3/c15-7-11-1-3-13(4-2-11)20-9-12(19)8-16-6-5-14-17-10-18-21-14/h1-4,10,12,16,19H,5-6,8-9H2. The third-order valence-electron chi connectivity index (χ3n) is 2.73. The van der Waals surface area contributed by atoms with Crippen molar-refractivity contribution in [3.8, 4) is 11.8 Å². The lowest BCUT2D eigenvalue weighted by Crippen LogP contribution is -2.32. The summed E-state index contributed by atoms with van der Waals surface area (Å²) in [6, 6.07) is 8.78. The molecule has 0 saturated carbocycles. The highest BCUT2D eigenvalue weighted by Crippen LogP contribution is 2.11. The van der Waals surface area contributed by atoms with Crippen LogP contribution in [0.25, 0.3) is 0 Å². The molecule has 7 heteroatoms. The number of nitrogens with one attached hydrogen (secondary N) is 1. The minimum Gasteiger partial charge on any atom is -0.491 e. The predicted octanol–water partition coefficient (Wildman–Crippen LogP) is 0.513. The van der Waals surface area contributed by atoms with Crippen molar-refractivity contribution < 1.29 is 14.4 Å². The van der Waals surface area contributed by atoms with Crippen molar-refractivity contribution in [3.63, 3.8) is 0 Å². The number of hydrogen-bond donors (Lipinski definition) is 2. The molecule has 2 N–H and O–H groups in total. The Morgan fingerprint density at radius 3 is 2.86 bits per heavy atom. The van der Waals surface area contributed by atoms with Crippen LogP contribution in [0.5, 0.6) is 5.75 Å². The lowest BCUT2D eigenvalue weighted by atomic mass is 10.2. The molecule has 0 saturated heterocycles. The van der Waals surface area contributed by atoms with Gasteiger partial charge in [-0.3, -0.25) is 0 Å². The summed E-state index contributed by atoms with van der Waals surface area (Å²) in [4.78, 5) is 3.90. The highest BCUT2D eigenvalue weighted by atomic mass is 16.5. The van der Waals surface area contributed by atoms with E-state index in [1.165, 1.54) is 6.33 Å². The maximum Gasteiger partial charge on any atom is 0.227 e. The molecular weight excluding hydrogens is 272 g/mol. The van der Waals surface area contributed by atoms with Crippen LogP contribution in [0.3, 0.4) is 0 Å². The number of aliphatic hydroxyl groups excluding tert-OH is 1. The van der Waals surface area contributed by atoms with E-state index < -0.39 is 6.10 Å². The van der Waals surface area contributed by atoms with Crippen molar-refractivity contribution in [3.05, 3.63) is 42.0 Å². The third-order valence-corrected chi connectivity index (χ3v) is 2.73. The summed E-state index contributed by atoms with van der Waals surface area (Å²) in [5.41, 5.74) is 0.575. The number of nitrogens with zero attached hydrogens (tertiary/aromatic N) is 3. The van der Waals surface area contributed by atoms with Gasteiger partial charge in [-0.05, 0) is 24.3 Å². The molecule has 0 amide bonds. The Labute approximate surface area is 122 Å². The zero-order valence-electron chi connectivity index (χ0n) is 11.4. The molecule has 0 aliphatic rings. The molecule has 0 spiro atoms. The summed E-state index contributed by atoms with van der Waals surface area (Å²) < 4.78 is 10.3. The minimum absolute atomic E-state index is 0.180. The molecule has 0 fully saturated rings. The van der Waals surface area contributed by atoms with E-state index in [0.717, 1.165) is 0 Å². The zero-order chi connectivity index (χ0) is 14.9. The lowest BCUT2D eigenvalue weighted by Gasteiger charge is -2.12. The van der Waals surface area contributed by atoms with Gasteiger partial charge in [0, 0.05) is 19.5 Å². The molecule has 1 heterocycles. The second kappa shape index (κ2) is 7.99. The quantitative estimate of drug-likeness (QED) is 0.682. The zero-order valence-corrected chi connectivity index (χ0v) is 11.4. The van der Waals surface area contributed by atoms with Crippen molar-refractivity contribution >= 4 is 0 Å². The first-order valence-corrected chi connectivity index (χ1v) is 6.55. The van der Waals surface area contributed by atoms with E-state index in [0.29, 0.717) is 36.7 Å². The number of nitriles is 1. The van der Waals surface area contributed by atoms with Gasteiger partial charge in [0.15, 0.2) is 6.33 Å². The Hall–Kier alpha value is -2.43. The van der Waals surface area contributed by atoms with Crippen molar-refractivity contribution in [2.45, 2.75) is 12.5 Å². The van der Waals surface area contributed by atoms with Gasteiger partial charge in [0.1, 0.15) is 18.5 Å². The van der Waals surface area contributed by atoms with Gasteiger partial charge in [-0.2, -0.15) is 10.2 Å². The highest BCUT2D eigenvalue weighted by Gasteiger charge is 2.06. The van der Waals surface area contributed by atoms with Gasteiger partial charge in [-0.25, -0.2) is 0 Å². The number of benzene rings is 1. The topological polar surface area (TPSA) is 104 Å². The van der Waals surface area contributed by atoms with E-state index >= 15 is 0 Å². The van der Waals surface area contributed by atoms with E-state index in [9.17, 15) is 5.11 Å². The van der Waals surface area contributed by atoms with Crippen LogP contribution in [-0.2, 0) is 6.42 Å². The van der Waals surface area contributed by atoms with E-state index in [1.807, 2.05) is 6.07 Å². The average Bonchev–Trinajstić information content (AvgIpc) is 3.03. The van der Waals surface area contributed by atoms with E-state index in [1.54, 1.807) is 24.3 Å². The number of aliphatic hydroxyl groups is 1. The Morgan fingerprint density at radius 2 is 2.19 bits per heavy atom. The molecule has 0 radical (unpaired) electrons.